The van der Waals surface area contributed by atoms with E-state index >= 15 is 0 Å². The number of fused-ring (bicyclic) bond motifs is 2. The lowest BCUT2D eigenvalue weighted by atomic mass is 9.86. The smallest absolute Gasteiger partial charge is 0.271 e. The Hall–Kier alpha value is -2.53. The van der Waals surface area contributed by atoms with E-state index in [9.17, 15) is 9.59 Å². The Balaban J connectivity index is 1.70. The van der Waals surface area contributed by atoms with Gasteiger partial charge in [-0.05, 0) is 42.5 Å². The Bertz CT molecular complexity index is 818. The molecule has 0 saturated carbocycles. The molecule has 116 valence electrons. The van der Waals surface area contributed by atoms with E-state index in [1.807, 2.05) is 0 Å². The summed E-state index contributed by atoms with van der Waals surface area (Å²) >= 11 is 5.96. The van der Waals surface area contributed by atoms with E-state index in [1.165, 1.54) is 4.90 Å². The van der Waals surface area contributed by atoms with Gasteiger partial charge in [0.2, 0.25) is 6.10 Å². The molecule has 4 rings (SSSR count). The molecule has 2 aromatic rings. The number of amides is 1. The van der Waals surface area contributed by atoms with Crippen LogP contribution in [0.5, 0.6) is 11.5 Å². The van der Waals surface area contributed by atoms with Crippen molar-refractivity contribution in [2.75, 3.05) is 12.0 Å². The van der Waals surface area contributed by atoms with Crippen molar-refractivity contribution in [2.24, 2.45) is 0 Å². The second-order valence-corrected chi connectivity index (χ2v) is 5.83. The molecule has 0 aliphatic carbocycles. The van der Waals surface area contributed by atoms with Crippen molar-refractivity contribution in [1.29, 1.82) is 0 Å². The van der Waals surface area contributed by atoms with Gasteiger partial charge in [-0.15, -0.1) is 0 Å². The number of benzene rings is 2. The van der Waals surface area contributed by atoms with Gasteiger partial charge in [0.15, 0.2) is 5.78 Å². The van der Waals surface area contributed by atoms with Gasteiger partial charge in [0.05, 0.1) is 12.7 Å². The number of hydrogen-bond donors (Lipinski definition) is 0. The third-order valence-corrected chi connectivity index (χ3v) is 4.36. The maximum Gasteiger partial charge on any atom is 0.271 e. The number of methoxy groups -OCH3 is 1. The fourth-order valence-electron chi connectivity index (χ4n) is 2.96. The SMILES string of the molecule is COc1ccc(N2C(=O)[C@H]3Oc4ccc(Cl)cc4C(=O)[C@H]32)cc1. The number of ketones is 1. The number of nitrogens with zero attached hydrogens (tertiary/aromatic N) is 1. The second-order valence-electron chi connectivity index (χ2n) is 5.39. The summed E-state index contributed by atoms with van der Waals surface area (Å²) in [7, 11) is 1.57. The van der Waals surface area contributed by atoms with Gasteiger partial charge >= 0.3 is 0 Å². The molecule has 2 heterocycles. The second kappa shape index (κ2) is 4.99. The highest BCUT2D eigenvalue weighted by Crippen LogP contribution is 2.40. The van der Waals surface area contributed by atoms with Crippen molar-refractivity contribution in [3.63, 3.8) is 0 Å². The summed E-state index contributed by atoms with van der Waals surface area (Å²) in [5.41, 5.74) is 1.05. The van der Waals surface area contributed by atoms with E-state index in [0.717, 1.165) is 0 Å². The summed E-state index contributed by atoms with van der Waals surface area (Å²) in [6, 6.07) is 11.2. The van der Waals surface area contributed by atoms with Crippen molar-refractivity contribution >= 4 is 29.0 Å². The monoisotopic (exact) mass is 329 g/mol. The lowest BCUT2D eigenvalue weighted by Crippen LogP contribution is -2.71. The van der Waals surface area contributed by atoms with Gasteiger partial charge < -0.3 is 9.47 Å². The van der Waals surface area contributed by atoms with Crippen LogP contribution in [-0.4, -0.2) is 30.9 Å². The van der Waals surface area contributed by atoms with Crippen LogP contribution in [0, 0.1) is 0 Å². The summed E-state index contributed by atoms with van der Waals surface area (Å²) in [6.45, 7) is 0. The van der Waals surface area contributed by atoms with E-state index < -0.39 is 12.1 Å². The molecule has 5 nitrogen and oxygen atoms in total. The maximum absolute atomic E-state index is 12.7. The topological polar surface area (TPSA) is 55.8 Å². The van der Waals surface area contributed by atoms with E-state index in [2.05, 4.69) is 0 Å². The summed E-state index contributed by atoms with van der Waals surface area (Å²) in [4.78, 5) is 26.5. The van der Waals surface area contributed by atoms with Crippen LogP contribution in [0.2, 0.25) is 5.02 Å². The Morgan fingerprint density at radius 1 is 1.13 bits per heavy atom. The largest absolute Gasteiger partial charge is 0.497 e. The number of ether oxygens (including phenoxy) is 2. The molecule has 23 heavy (non-hydrogen) atoms. The number of hydrogen-bond acceptors (Lipinski definition) is 4. The molecule has 0 unspecified atom stereocenters. The molecular weight excluding hydrogens is 318 g/mol. The van der Waals surface area contributed by atoms with Crippen LogP contribution in [0.4, 0.5) is 5.69 Å². The molecule has 1 amide bonds. The number of carbonyl (C=O) groups excluding carboxylic acids is 2. The van der Waals surface area contributed by atoms with Crippen molar-refractivity contribution < 1.29 is 19.1 Å². The van der Waals surface area contributed by atoms with Crippen LogP contribution in [0.25, 0.3) is 0 Å². The molecule has 2 atom stereocenters. The predicted octanol–water partition coefficient (Wildman–Crippen LogP) is 2.71. The Kier molecular flexibility index (Phi) is 3.06. The fraction of sp³-hybridized carbons (Fsp3) is 0.176. The summed E-state index contributed by atoms with van der Waals surface area (Å²) < 4.78 is 10.8. The lowest BCUT2D eigenvalue weighted by molar-refractivity contribution is -0.133. The van der Waals surface area contributed by atoms with Gasteiger partial charge in [0.25, 0.3) is 5.91 Å². The molecular formula is C17H12ClNO4. The molecule has 1 fully saturated rings. The Morgan fingerprint density at radius 3 is 2.57 bits per heavy atom. The van der Waals surface area contributed by atoms with Crippen molar-refractivity contribution in [1.82, 2.24) is 0 Å². The molecule has 0 spiro atoms. The van der Waals surface area contributed by atoms with E-state index in [-0.39, 0.29) is 11.7 Å². The Labute approximate surface area is 137 Å². The first-order valence-corrected chi connectivity index (χ1v) is 7.45. The zero-order valence-corrected chi connectivity index (χ0v) is 12.9. The first-order chi connectivity index (χ1) is 11.1. The van der Waals surface area contributed by atoms with Gasteiger partial charge in [-0.3, -0.25) is 14.5 Å². The Morgan fingerprint density at radius 2 is 1.87 bits per heavy atom. The molecule has 2 aliphatic heterocycles. The normalized spacial score (nSPS) is 21.9. The average Bonchev–Trinajstić information content (AvgIpc) is 2.57. The molecule has 0 N–H and O–H groups in total. The van der Waals surface area contributed by atoms with Gasteiger partial charge in [0, 0.05) is 10.7 Å². The van der Waals surface area contributed by atoms with Crippen LogP contribution < -0.4 is 14.4 Å². The highest BCUT2D eigenvalue weighted by molar-refractivity contribution is 6.31. The highest BCUT2D eigenvalue weighted by atomic mass is 35.5. The molecule has 0 aromatic heterocycles. The average molecular weight is 330 g/mol. The number of Topliss-reactive ketones (excluding diaryl/α,β-unsaturated/α-hetero) is 1. The highest BCUT2D eigenvalue weighted by Gasteiger charge is 2.57. The van der Waals surface area contributed by atoms with Crippen LogP contribution in [-0.2, 0) is 4.79 Å². The minimum atomic E-state index is -0.765. The fourth-order valence-corrected chi connectivity index (χ4v) is 3.13. The van der Waals surface area contributed by atoms with Crippen LogP contribution in [0.15, 0.2) is 42.5 Å². The quantitative estimate of drug-likeness (QED) is 0.795. The minimum absolute atomic E-state index is 0.158. The predicted molar refractivity (Wildman–Crippen MR) is 84.5 cm³/mol. The number of rotatable bonds is 2. The van der Waals surface area contributed by atoms with Crippen LogP contribution >= 0.6 is 11.6 Å². The third-order valence-electron chi connectivity index (χ3n) is 4.13. The first kappa shape index (κ1) is 14.1. The molecule has 0 bridgehead atoms. The number of halogens is 1. The maximum atomic E-state index is 12.7. The van der Waals surface area contributed by atoms with Crippen LogP contribution in [0.1, 0.15) is 10.4 Å². The summed E-state index contributed by atoms with van der Waals surface area (Å²) in [5.74, 6) is 0.702. The third kappa shape index (κ3) is 2.00. The molecule has 2 aromatic carbocycles. The van der Waals surface area contributed by atoms with E-state index in [4.69, 9.17) is 21.1 Å². The van der Waals surface area contributed by atoms with Crippen molar-refractivity contribution in [3.05, 3.63) is 53.1 Å². The minimum Gasteiger partial charge on any atom is -0.497 e. The molecule has 6 heteroatoms. The van der Waals surface area contributed by atoms with E-state index in [1.54, 1.807) is 49.6 Å². The number of carbonyl (C=O) groups is 2. The number of β-lactam (4-membered cyclic amide) rings is 1. The zero-order valence-electron chi connectivity index (χ0n) is 12.2. The summed E-state index contributed by atoms with van der Waals surface area (Å²) in [5, 5.41) is 0.459. The van der Waals surface area contributed by atoms with Gasteiger partial charge in [-0.2, -0.15) is 0 Å². The van der Waals surface area contributed by atoms with Gasteiger partial charge in [0.1, 0.15) is 17.5 Å². The lowest BCUT2D eigenvalue weighted by Gasteiger charge is -2.47. The van der Waals surface area contributed by atoms with Crippen molar-refractivity contribution in [2.45, 2.75) is 12.1 Å². The molecule has 0 radical (unpaired) electrons. The molecule has 2 aliphatic rings. The van der Waals surface area contributed by atoms with Crippen LogP contribution in [0.3, 0.4) is 0 Å². The zero-order chi connectivity index (χ0) is 16.1. The van der Waals surface area contributed by atoms with E-state index in [0.29, 0.717) is 27.8 Å². The number of anilines is 1. The standard InChI is InChI=1S/C17H12ClNO4/c1-22-11-5-3-10(4-6-11)19-14-15(20)12-8-9(18)2-7-13(12)23-16(14)17(19)21/h2-8,14,16H,1H3/t14-,16+/m1/s1. The van der Waals surface area contributed by atoms with Crippen molar-refractivity contribution in [3.8, 4) is 11.5 Å². The summed E-state index contributed by atoms with van der Waals surface area (Å²) in [6.07, 6.45) is -0.765. The van der Waals surface area contributed by atoms with Gasteiger partial charge in [-0.25, -0.2) is 0 Å². The van der Waals surface area contributed by atoms with Gasteiger partial charge in [-0.1, -0.05) is 11.6 Å². The molecule has 1 saturated heterocycles. The first-order valence-electron chi connectivity index (χ1n) is 7.07.